The van der Waals surface area contributed by atoms with Gasteiger partial charge in [-0.3, -0.25) is 9.69 Å². The fourth-order valence-corrected chi connectivity index (χ4v) is 1.84. The van der Waals surface area contributed by atoms with Crippen LogP contribution >= 0.6 is 0 Å². The van der Waals surface area contributed by atoms with Crippen molar-refractivity contribution in [2.24, 2.45) is 0 Å². The summed E-state index contributed by atoms with van der Waals surface area (Å²) in [7, 11) is 1.85. The SMILES string of the molecule is CCNC(=O)CN(C)Cc1nc2cc(N)ccc2o1. The summed E-state index contributed by atoms with van der Waals surface area (Å²) in [6.07, 6.45) is 0. The Hall–Kier alpha value is -2.08. The molecule has 2 rings (SSSR count). The summed E-state index contributed by atoms with van der Waals surface area (Å²) in [4.78, 5) is 17.6. The quantitative estimate of drug-likeness (QED) is 0.785. The molecule has 1 heterocycles. The number of amides is 1. The maximum Gasteiger partial charge on any atom is 0.234 e. The first kappa shape index (κ1) is 13.4. The largest absolute Gasteiger partial charge is 0.439 e. The molecule has 0 radical (unpaired) electrons. The van der Waals surface area contributed by atoms with E-state index in [0.717, 1.165) is 5.52 Å². The molecule has 0 saturated heterocycles. The number of oxazole rings is 1. The van der Waals surface area contributed by atoms with Crippen molar-refractivity contribution in [3.8, 4) is 0 Å². The van der Waals surface area contributed by atoms with Gasteiger partial charge < -0.3 is 15.5 Å². The van der Waals surface area contributed by atoms with Crippen molar-refractivity contribution in [2.45, 2.75) is 13.5 Å². The number of carbonyl (C=O) groups excluding carboxylic acids is 1. The number of hydrogen-bond acceptors (Lipinski definition) is 5. The average molecular weight is 262 g/mol. The highest BCUT2D eigenvalue weighted by atomic mass is 16.3. The Morgan fingerprint density at radius 2 is 2.32 bits per heavy atom. The van der Waals surface area contributed by atoms with E-state index in [2.05, 4.69) is 10.3 Å². The molecule has 19 heavy (non-hydrogen) atoms. The second-order valence-electron chi connectivity index (χ2n) is 4.46. The van der Waals surface area contributed by atoms with Crippen molar-refractivity contribution in [1.82, 2.24) is 15.2 Å². The lowest BCUT2D eigenvalue weighted by atomic mass is 10.3. The van der Waals surface area contributed by atoms with Crippen LogP contribution in [0.15, 0.2) is 22.6 Å². The van der Waals surface area contributed by atoms with Gasteiger partial charge in [0.1, 0.15) is 5.52 Å². The number of nitrogens with one attached hydrogen (secondary N) is 1. The van der Waals surface area contributed by atoms with E-state index in [0.29, 0.717) is 36.8 Å². The van der Waals surface area contributed by atoms with Gasteiger partial charge in [-0.25, -0.2) is 4.98 Å². The van der Waals surface area contributed by atoms with Gasteiger partial charge >= 0.3 is 0 Å². The number of nitrogens with zero attached hydrogens (tertiary/aromatic N) is 2. The summed E-state index contributed by atoms with van der Waals surface area (Å²) in [5.41, 5.74) is 7.79. The van der Waals surface area contributed by atoms with Gasteiger partial charge in [0.15, 0.2) is 5.58 Å². The van der Waals surface area contributed by atoms with Crippen LogP contribution in [0.25, 0.3) is 11.1 Å². The lowest BCUT2D eigenvalue weighted by Gasteiger charge is -2.13. The standard InChI is InChI=1S/C13H18N4O2/c1-3-15-12(18)7-17(2)8-13-16-10-6-9(14)4-5-11(10)19-13/h4-6H,3,7-8,14H2,1-2H3,(H,15,18). The Morgan fingerprint density at radius 3 is 3.05 bits per heavy atom. The second kappa shape index (κ2) is 5.71. The Bertz CT molecular complexity index is 579. The average Bonchev–Trinajstić information content (AvgIpc) is 2.70. The van der Waals surface area contributed by atoms with Crippen LogP contribution in [-0.4, -0.2) is 35.9 Å². The monoisotopic (exact) mass is 262 g/mol. The number of benzene rings is 1. The molecule has 1 aromatic carbocycles. The first-order chi connectivity index (χ1) is 9.08. The fraction of sp³-hybridized carbons (Fsp3) is 0.385. The molecule has 6 heteroatoms. The Kier molecular flexibility index (Phi) is 4.01. The topological polar surface area (TPSA) is 84.4 Å². The lowest BCUT2D eigenvalue weighted by Crippen LogP contribution is -2.34. The molecule has 0 bridgehead atoms. The first-order valence-electron chi connectivity index (χ1n) is 6.18. The zero-order valence-electron chi connectivity index (χ0n) is 11.1. The first-order valence-corrected chi connectivity index (χ1v) is 6.18. The van der Waals surface area contributed by atoms with Gasteiger partial charge in [0.2, 0.25) is 11.8 Å². The van der Waals surface area contributed by atoms with Gasteiger partial charge in [0.05, 0.1) is 13.1 Å². The summed E-state index contributed by atoms with van der Waals surface area (Å²) >= 11 is 0. The molecule has 0 aliphatic rings. The van der Waals surface area contributed by atoms with Crippen LogP contribution in [0.4, 0.5) is 5.69 Å². The molecule has 1 amide bonds. The second-order valence-corrected chi connectivity index (χ2v) is 4.46. The molecular weight excluding hydrogens is 244 g/mol. The van der Waals surface area contributed by atoms with Gasteiger partial charge in [0.25, 0.3) is 0 Å². The van der Waals surface area contributed by atoms with Crippen LogP contribution in [-0.2, 0) is 11.3 Å². The van der Waals surface area contributed by atoms with Gasteiger partial charge in [-0.15, -0.1) is 0 Å². The summed E-state index contributed by atoms with van der Waals surface area (Å²) in [5, 5.41) is 2.75. The van der Waals surface area contributed by atoms with Crippen molar-refractivity contribution < 1.29 is 9.21 Å². The number of rotatable bonds is 5. The molecule has 3 N–H and O–H groups in total. The molecule has 0 aliphatic carbocycles. The zero-order valence-corrected chi connectivity index (χ0v) is 11.1. The summed E-state index contributed by atoms with van der Waals surface area (Å²) < 4.78 is 5.60. The Morgan fingerprint density at radius 1 is 1.53 bits per heavy atom. The summed E-state index contributed by atoms with van der Waals surface area (Å²) in [6.45, 7) is 3.32. The van der Waals surface area contributed by atoms with Gasteiger partial charge in [-0.1, -0.05) is 0 Å². The van der Waals surface area contributed by atoms with Gasteiger partial charge in [-0.2, -0.15) is 0 Å². The van der Waals surface area contributed by atoms with Crippen LogP contribution in [0.2, 0.25) is 0 Å². The number of likely N-dealkylation sites (N-methyl/N-ethyl adjacent to an activating group) is 2. The third kappa shape index (κ3) is 3.45. The minimum Gasteiger partial charge on any atom is -0.439 e. The predicted molar refractivity (Wildman–Crippen MR) is 73.4 cm³/mol. The third-order valence-electron chi connectivity index (χ3n) is 2.65. The van der Waals surface area contributed by atoms with E-state index < -0.39 is 0 Å². The molecule has 0 atom stereocenters. The van der Waals surface area contributed by atoms with Gasteiger partial charge in [0, 0.05) is 12.2 Å². The smallest absolute Gasteiger partial charge is 0.234 e. The molecule has 102 valence electrons. The number of fused-ring (bicyclic) bond motifs is 1. The van der Waals surface area contributed by atoms with E-state index in [1.807, 2.05) is 18.9 Å². The number of hydrogen-bond donors (Lipinski definition) is 2. The molecule has 0 fully saturated rings. The minimum absolute atomic E-state index is 0.00893. The van der Waals surface area contributed by atoms with Gasteiger partial charge in [-0.05, 0) is 32.2 Å². The maximum absolute atomic E-state index is 11.4. The highest BCUT2D eigenvalue weighted by Crippen LogP contribution is 2.18. The van der Waals surface area contributed by atoms with Crippen LogP contribution in [0.5, 0.6) is 0 Å². The molecule has 0 unspecified atom stereocenters. The summed E-state index contributed by atoms with van der Waals surface area (Å²) in [6, 6.07) is 5.34. The zero-order chi connectivity index (χ0) is 13.8. The third-order valence-corrected chi connectivity index (χ3v) is 2.65. The maximum atomic E-state index is 11.4. The predicted octanol–water partition coefficient (Wildman–Crippen LogP) is 0.978. The highest BCUT2D eigenvalue weighted by molar-refractivity contribution is 5.78. The van der Waals surface area contributed by atoms with E-state index in [-0.39, 0.29) is 5.91 Å². The number of nitrogen functional groups attached to an aromatic ring is 1. The van der Waals surface area contributed by atoms with Crippen molar-refractivity contribution in [3.63, 3.8) is 0 Å². The number of aromatic nitrogens is 1. The van der Waals surface area contributed by atoms with Crippen LogP contribution in [0.1, 0.15) is 12.8 Å². The molecule has 0 saturated carbocycles. The van der Waals surface area contributed by atoms with E-state index in [4.69, 9.17) is 10.2 Å². The Labute approximate surface area is 111 Å². The molecule has 0 aliphatic heterocycles. The Balaban J connectivity index is 2.02. The molecule has 1 aromatic heterocycles. The number of nitrogens with two attached hydrogens (primary N) is 1. The van der Waals surface area contributed by atoms with E-state index in [1.54, 1.807) is 18.2 Å². The van der Waals surface area contributed by atoms with E-state index >= 15 is 0 Å². The van der Waals surface area contributed by atoms with Crippen LogP contribution < -0.4 is 11.1 Å². The molecule has 2 aromatic rings. The lowest BCUT2D eigenvalue weighted by molar-refractivity contribution is -0.122. The van der Waals surface area contributed by atoms with Crippen LogP contribution in [0, 0.1) is 0 Å². The normalized spacial score (nSPS) is 11.1. The number of anilines is 1. The fourth-order valence-electron chi connectivity index (χ4n) is 1.84. The molecular formula is C13H18N4O2. The van der Waals surface area contributed by atoms with Crippen molar-refractivity contribution in [3.05, 3.63) is 24.1 Å². The minimum atomic E-state index is -0.00893. The van der Waals surface area contributed by atoms with Crippen molar-refractivity contribution in [2.75, 3.05) is 25.9 Å². The van der Waals surface area contributed by atoms with E-state index in [1.165, 1.54) is 0 Å². The summed E-state index contributed by atoms with van der Waals surface area (Å²) in [5.74, 6) is 0.567. The highest BCUT2D eigenvalue weighted by Gasteiger charge is 2.11. The van der Waals surface area contributed by atoms with E-state index in [9.17, 15) is 4.79 Å². The van der Waals surface area contributed by atoms with Crippen molar-refractivity contribution >= 4 is 22.7 Å². The van der Waals surface area contributed by atoms with Crippen LogP contribution in [0.3, 0.4) is 0 Å². The molecule has 6 nitrogen and oxygen atoms in total. The van der Waals surface area contributed by atoms with Crippen molar-refractivity contribution in [1.29, 1.82) is 0 Å². The molecule has 0 spiro atoms. The number of carbonyl (C=O) groups is 1.